The number of hydroxylamine groups is 2. The van der Waals surface area contributed by atoms with Gasteiger partial charge in [-0.25, -0.2) is 4.79 Å². The lowest BCUT2D eigenvalue weighted by molar-refractivity contribution is -0.200. The summed E-state index contributed by atoms with van der Waals surface area (Å²) in [5.74, 6) is -3.58. The number of para-hydroxylation sites is 1. The fourth-order valence-corrected chi connectivity index (χ4v) is 4.09. The minimum atomic E-state index is -1.37. The first-order valence-corrected chi connectivity index (χ1v) is 10.0. The Hall–Kier alpha value is -4.27. The van der Waals surface area contributed by atoms with Crippen LogP contribution in [0.4, 0.5) is 0 Å². The predicted octanol–water partition coefficient (Wildman–Crippen LogP) is 1.98. The van der Waals surface area contributed by atoms with Crippen LogP contribution in [0.3, 0.4) is 0 Å². The molecule has 0 radical (unpaired) electrons. The zero-order chi connectivity index (χ0) is 22.4. The zero-order valence-corrected chi connectivity index (χ0v) is 16.7. The van der Waals surface area contributed by atoms with Crippen molar-refractivity contribution in [2.45, 2.75) is 25.3 Å². The molecule has 2 aliphatic rings. The van der Waals surface area contributed by atoms with Gasteiger partial charge in [0, 0.05) is 36.4 Å². The molecular formula is C23H17N3O6. The Labute approximate surface area is 181 Å². The van der Waals surface area contributed by atoms with E-state index in [1.807, 2.05) is 24.3 Å². The molecule has 1 fully saturated rings. The van der Waals surface area contributed by atoms with Gasteiger partial charge in [0.1, 0.15) is 6.04 Å². The molecule has 0 spiro atoms. The van der Waals surface area contributed by atoms with E-state index in [0.29, 0.717) is 10.6 Å². The second-order valence-corrected chi connectivity index (χ2v) is 7.60. The summed E-state index contributed by atoms with van der Waals surface area (Å²) >= 11 is 0. The number of amides is 4. The van der Waals surface area contributed by atoms with Crippen molar-refractivity contribution in [1.29, 1.82) is 0 Å². The van der Waals surface area contributed by atoms with Crippen molar-refractivity contribution in [2.75, 3.05) is 0 Å². The lowest BCUT2D eigenvalue weighted by atomic mass is 10.0. The second-order valence-electron chi connectivity index (χ2n) is 7.60. The van der Waals surface area contributed by atoms with Gasteiger partial charge in [-0.05, 0) is 23.8 Å². The Kier molecular flexibility index (Phi) is 4.58. The van der Waals surface area contributed by atoms with Crippen molar-refractivity contribution in [3.63, 3.8) is 0 Å². The molecule has 32 heavy (non-hydrogen) atoms. The fraction of sp³-hybridized carbons (Fsp3) is 0.174. The molecule has 160 valence electrons. The Bertz CT molecular complexity index is 1260. The van der Waals surface area contributed by atoms with Gasteiger partial charge in [-0.3, -0.25) is 24.1 Å². The molecule has 1 saturated heterocycles. The third-order valence-electron chi connectivity index (χ3n) is 5.68. The van der Waals surface area contributed by atoms with Crippen LogP contribution in [-0.4, -0.2) is 50.6 Å². The summed E-state index contributed by atoms with van der Waals surface area (Å²) in [6.45, 7) is 0. The first-order chi connectivity index (χ1) is 15.5. The monoisotopic (exact) mass is 431 g/mol. The molecular weight excluding hydrogens is 414 g/mol. The summed E-state index contributed by atoms with van der Waals surface area (Å²) in [6.07, 6.45) is 1.51. The van der Waals surface area contributed by atoms with E-state index >= 15 is 0 Å². The van der Waals surface area contributed by atoms with Crippen molar-refractivity contribution in [3.8, 4) is 0 Å². The minimum Gasteiger partial charge on any atom is -0.361 e. The molecule has 1 aromatic heterocycles. The number of hydrogen-bond acceptors (Lipinski definition) is 6. The second kappa shape index (κ2) is 7.45. The number of aromatic amines is 1. The average Bonchev–Trinajstić information content (AvgIpc) is 3.43. The van der Waals surface area contributed by atoms with Crippen LogP contribution in [0.1, 0.15) is 39.1 Å². The maximum absolute atomic E-state index is 13.2. The number of fused-ring (bicyclic) bond motifs is 2. The third kappa shape index (κ3) is 3.06. The van der Waals surface area contributed by atoms with E-state index < -0.39 is 35.6 Å². The largest absolute Gasteiger partial charge is 0.361 e. The van der Waals surface area contributed by atoms with Crippen LogP contribution >= 0.6 is 0 Å². The number of hydrogen-bond donors (Lipinski definition) is 1. The predicted molar refractivity (Wildman–Crippen MR) is 110 cm³/mol. The van der Waals surface area contributed by atoms with Gasteiger partial charge >= 0.3 is 5.97 Å². The van der Waals surface area contributed by atoms with Gasteiger partial charge in [0.05, 0.1) is 11.1 Å². The number of nitrogens with one attached hydrogen (secondary N) is 1. The SMILES string of the molecule is O=C(ON1C(=O)CCC1=O)C(Cc1c[nH]c2ccccc12)N1C(=O)c2ccccc2C1=O. The van der Waals surface area contributed by atoms with Gasteiger partial charge in [-0.2, -0.15) is 0 Å². The molecule has 1 N–H and O–H groups in total. The number of H-pyrrole nitrogens is 1. The number of carbonyl (C=O) groups is 5. The molecule has 2 aliphatic heterocycles. The number of benzene rings is 2. The van der Waals surface area contributed by atoms with Gasteiger partial charge in [0.25, 0.3) is 23.6 Å². The Morgan fingerprint density at radius 1 is 0.906 bits per heavy atom. The highest BCUT2D eigenvalue weighted by molar-refractivity contribution is 6.22. The minimum absolute atomic E-state index is 0.0511. The molecule has 9 nitrogen and oxygen atoms in total. The standard InChI is InChI=1S/C23H17N3O6/c27-19-9-10-20(28)26(19)32-23(31)18(11-13-12-24-17-8-4-3-5-14(13)17)25-21(29)15-6-1-2-7-16(15)22(25)30/h1-8,12,18,24H,9-11H2. The van der Waals surface area contributed by atoms with Crippen molar-refractivity contribution in [2.24, 2.45) is 0 Å². The Morgan fingerprint density at radius 2 is 1.50 bits per heavy atom. The topological polar surface area (TPSA) is 117 Å². The normalized spacial score (nSPS) is 16.8. The van der Waals surface area contributed by atoms with Gasteiger partial charge in [-0.1, -0.05) is 30.3 Å². The number of imide groups is 2. The van der Waals surface area contributed by atoms with Crippen molar-refractivity contribution in [3.05, 3.63) is 71.4 Å². The summed E-state index contributed by atoms with van der Waals surface area (Å²) in [6, 6.07) is 12.3. The van der Waals surface area contributed by atoms with E-state index in [-0.39, 0.29) is 30.4 Å². The van der Waals surface area contributed by atoms with Gasteiger partial charge in [0.2, 0.25) is 0 Å². The summed E-state index contributed by atoms with van der Waals surface area (Å²) in [5, 5.41) is 1.23. The molecule has 5 rings (SSSR count). The molecule has 0 bridgehead atoms. The van der Waals surface area contributed by atoms with Gasteiger partial charge in [0.15, 0.2) is 0 Å². The molecule has 2 aromatic carbocycles. The van der Waals surface area contributed by atoms with Crippen LogP contribution in [-0.2, 0) is 25.6 Å². The van der Waals surface area contributed by atoms with Crippen LogP contribution in [0, 0.1) is 0 Å². The highest BCUT2D eigenvalue weighted by Crippen LogP contribution is 2.29. The van der Waals surface area contributed by atoms with Crippen LogP contribution < -0.4 is 0 Å². The van der Waals surface area contributed by atoms with E-state index in [4.69, 9.17) is 4.84 Å². The molecule has 1 unspecified atom stereocenters. The Morgan fingerprint density at radius 3 is 2.16 bits per heavy atom. The van der Waals surface area contributed by atoms with Crippen molar-refractivity contribution in [1.82, 2.24) is 14.9 Å². The van der Waals surface area contributed by atoms with E-state index in [1.54, 1.807) is 18.3 Å². The van der Waals surface area contributed by atoms with Crippen LogP contribution in [0.25, 0.3) is 10.9 Å². The number of carbonyl (C=O) groups excluding carboxylic acids is 5. The highest BCUT2D eigenvalue weighted by atomic mass is 16.7. The van der Waals surface area contributed by atoms with Crippen LogP contribution in [0.15, 0.2) is 54.7 Å². The zero-order valence-electron chi connectivity index (χ0n) is 16.7. The van der Waals surface area contributed by atoms with Crippen LogP contribution in [0.2, 0.25) is 0 Å². The van der Waals surface area contributed by atoms with E-state index in [0.717, 1.165) is 15.8 Å². The van der Waals surface area contributed by atoms with Crippen LogP contribution in [0.5, 0.6) is 0 Å². The number of aromatic nitrogens is 1. The molecule has 3 heterocycles. The maximum Gasteiger partial charge on any atom is 0.356 e. The smallest absolute Gasteiger partial charge is 0.356 e. The van der Waals surface area contributed by atoms with Gasteiger partial charge in [-0.15, -0.1) is 5.06 Å². The number of rotatable bonds is 5. The third-order valence-corrected chi connectivity index (χ3v) is 5.68. The maximum atomic E-state index is 13.2. The molecule has 1 atom stereocenters. The lowest BCUT2D eigenvalue weighted by Gasteiger charge is -2.25. The first kappa shape index (κ1) is 19.7. The van der Waals surface area contributed by atoms with Crippen molar-refractivity contribution < 1.29 is 28.8 Å². The summed E-state index contributed by atoms with van der Waals surface area (Å²) < 4.78 is 0. The first-order valence-electron chi connectivity index (χ1n) is 10.0. The molecule has 9 heteroatoms. The highest BCUT2D eigenvalue weighted by Gasteiger charge is 2.45. The summed E-state index contributed by atoms with van der Waals surface area (Å²) in [7, 11) is 0. The summed E-state index contributed by atoms with van der Waals surface area (Å²) in [5.41, 5.74) is 1.87. The quantitative estimate of drug-likeness (QED) is 0.618. The fourth-order valence-electron chi connectivity index (χ4n) is 4.09. The molecule has 0 aliphatic carbocycles. The molecule has 0 saturated carbocycles. The molecule has 4 amide bonds. The Balaban J connectivity index is 1.52. The average molecular weight is 431 g/mol. The van der Waals surface area contributed by atoms with Gasteiger partial charge < -0.3 is 9.82 Å². The van der Waals surface area contributed by atoms with E-state index in [1.165, 1.54) is 12.1 Å². The lowest BCUT2D eigenvalue weighted by Crippen LogP contribution is -2.49. The van der Waals surface area contributed by atoms with Crippen molar-refractivity contribution >= 4 is 40.5 Å². The summed E-state index contributed by atoms with van der Waals surface area (Å²) in [4.78, 5) is 72.2. The van der Waals surface area contributed by atoms with E-state index in [9.17, 15) is 24.0 Å². The number of nitrogens with zero attached hydrogens (tertiary/aromatic N) is 2. The molecule has 3 aromatic rings. The van der Waals surface area contributed by atoms with E-state index in [2.05, 4.69) is 4.98 Å².